The molecular weight excluding hydrogens is 218 g/mol. The molecule has 0 radical (unpaired) electrons. The average molecular weight is 235 g/mol. The zero-order valence-electron chi connectivity index (χ0n) is 9.52. The Morgan fingerprint density at radius 3 is 3.19 bits per heavy atom. The number of hydrogen-bond acceptors (Lipinski definition) is 3. The lowest BCUT2D eigenvalue weighted by Crippen LogP contribution is -2.19. The van der Waals surface area contributed by atoms with Gasteiger partial charge in [0.1, 0.15) is 5.82 Å². The predicted octanol–water partition coefficient (Wildman–Crippen LogP) is 2.30. The Balaban J connectivity index is 1.72. The fourth-order valence-electron chi connectivity index (χ4n) is 1.66. The summed E-state index contributed by atoms with van der Waals surface area (Å²) in [5, 5.41) is 7.75. The minimum absolute atomic E-state index is 0.852. The van der Waals surface area contributed by atoms with Crippen molar-refractivity contribution in [3.8, 4) is 0 Å². The molecule has 3 nitrogen and oxygen atoms in total. The van der Waals surface area contributed by atoms with Gasteiger partial charge in [-0.3, -0.25) is 0 Å². The maximum absolute atomic E-state index is 4.32. The number of hydrogen-bond donors (Lipinski definition) is 1. The molecule has 0 aromatic carbocycles. The lowest BCUT2D eigenvalue weighted by atomic mass is 10.2. The molecule has 0 unspecified atom stereocenters. The third kappa shape index (κ3) is 2.93. The highest BCUT2D eigenvalue weighted by Crippen LogP contribution is 2.05. The largest absolute Gasteiger partial charge is 0.334 e. The van der Waals surface area contributed by atoms with Crippen molar-refractivity contribution in [2.45, 2.75) is 26.4 Å². The minimum atomic E-state index is 0.852. The van der Waals surface area contributed by atoms with Crippen molar-refractivity contribution in [3.05, 3.63) is 40.6 Å². The normalized spacial score (nSPS) is 10.8. The van der Waals surface area contributed by atoms with Crippen LogP contribution in [0.15, 0.2) is 29.2 Å². The van der Waals surface area contributed by atoms with Crippen molar-refractivity contribution < 1.29 is 0 Å². The average Bonchev–Trinajstić information content (AvgIpc) is 2.95. The van der Waals surface area contributed by atoms with Gasteiger partial charge in [-0.1, -0.05) is 0 Å². The monoisotopic (exact) mass is 235 g/mol. The summed E-state index contributed by atoms with van der Waals surface area (Å²) < 4.78 is 2.16. The number of rotatable bonds is 6. The fraction of sp³-hybridized carbons (Fsp3) is 0.417. The van der Waals surface area contributed by atoms with E-state index in [0.717, 1.165) is 31.9 Å². The van der Waals surface area contributed by atoms with E-state index in [1.54, 1.807) is 11.3 Å². The predicted molar refractivity (Wildman–Crippen MR) is 67.6 cm³/mol. The van der Waals surface area contributed by atoms with Gasteiger partial charge in [0.25, 0.3) is 0 Å². The van der Waals surface area contributed by atoms with Crippen LogP contribution >= 0.6 is 11.3 Å². The zero-order valence-corrected chi connectivity index (χ0v) is 10.3. The van der Waals surface area contributed by atoms with Crippen LogP contribution in [0.5, 0.6) is 0 Å². The van der Waals surface area contributed by atoms with Crippen LogP contribution in [-0.2, 0) is 19.5 Å². The molecule has 2 aromatic rings. The highest BCUT2D eigenvalue weighted by Gasteiger charge is 1.99. The fourth-order valence-corrected chi connectivity index (χ4v) is 2.37. The second-order valence-corrected chi connectivity index (χ2v) is 4.47. The molecule has 2 rings (SSSR count). The smallest absolute Gasteiger partial charge is 0.122 e. The van der Waals surface area contributed by atoms with E-state index in [2.05, 4.69) is 38.6 Å². The van der Waals surface area contributed by atoms with Gasteiger partial charge < -0.3 is 9.88 Å². The Bertz CT molecular complexity index is 406. The SMILES string of the molecule is CCn1ccnc1CNCCc1ccsc1. The topological polar surface area (TPSA) is 29.9 Å². The van der Waals surface area contributed by atoms with E-state index in [4.69, 9.17) is 0 Å². The van der Waals surface area contributed by atoms with E-state index in [1.165, 1.54) is 5.56 Å². The van der Waals surface area contributed by atoms with Crippen molar-refractivity contribution in [3.63, 3.8) is 0 Å². The summed E-state index contributed by atoms with van der Waals surface area (Å²) in [5.74, 6) is 1.12. The van der Waals surface area contributed by atoms with Crippen LogP contribution in [0.2, 0.25) is 0 Å². The number of imidazole rings is 1. The van der Waals surface area contributed by atoms with Gasteiger partial charge in [-0.15, -0.1) is 0 Å². The van der Waals surface area contributed by atoms with Crippen molar-refractivity contribution >= 4 is 11.3 Å². The highest BCUT2D eigenvalue weighted by atomic mass is 32.1. The Morgan fingerprint density at radius 2 is 2.44 bits per heavy atom. The lowest BCUT2D eigenvalue weighted by molar-refractivity contribution is 0.613. The molecule has 0 aliphatic heterocycles. The molecule has 0 saturated heterocycles. The second-order valence-electron chi connectivity index (χ2n) is 3.69. The van der Waals surface area contributed by atoms with Gasteiger partial charge in [-0.25, -0.2) is 4.98 Å². The quantitative estimate of drug-likeness (QED) is 0.779. The molecule has 2 aromatic heterocycles. The van der Waals surface area contributed by atoms with Crippen LogP contribution in [0.4, 0.5) is 0 Å². The Morgan fingerprint density at radius 1 is 1.50 bits per heavy atom. The molecule has 0 amide bonds. The Labute approximate surface area is 100 Å². The number of aromatic nitrogens is 2. The highest BCUT2D eigenvalue weighted by molar-refractivity contribution is 7.07. The maximum Gasteiger partial charge on any atom is 0.122 e. The summed E-state index contributed by atoms with van der Waals surface area (Å²) >= 11 is 1.76. The maximum atomic E-state index is 4.32. The molecule has 0 aliphatic rings. The molecule has 2 heterocycles. The number of aryl methyl sites for hydroxylation is 1. The summed E-state index contributed by atoms with van der Waals surface area (Å²) in [4.78, 5) is 4.32. The third-order valence-electron chi connectivity index (χ3n) is 2.60. The minimum Gasteiger partial charge on any atom is -0.334 e. The van der Waals surface area contributed by atoms with E-state index in [9.17, 15) is 0 Å². The van der Waals surface area contributed by atoms with Gasteiger partial charge in [0.2, 0.25) is 0 Å². The van der Waals surface area contributed by atoms with Crippen LogP contribution < -0.4 is 5.32 Å². The molecule has 16 heavy (non-hydrogen) atoms. The molecule has 0 spiro atoms. The number of nitrogens with zero attached hydrogens (tertiary/aromatic N) is 2. The first kappa shape index (κ1) is 11.4. The van der Waals surface area contributed by atoms with Crippen LogP contribution in [-0.4, -0.2) is 16.1 Å². The van der Waals surface area contributed by atoms with E-state index in [1.807, 2.05) is 12.4 Å². The number of nitrogens with one attached hydrogen (secondary N) is 1. The van der Waals surface area contributed by atoms with Crippen molar-refractivity contribution in [1.29, 1.82) is 0 Å². The summed E-state index contributed by atoms with van der Waals surface area (Å²) in [6.07, 6.45) is 4.98. The molecule has 4 heteroatoms. The van der Waals surface area contributed by atoms with Crippen LogP contribution in [0, 0.1) is 0 Å². The van der Waals surface area contributed by atoms with Crippen molar-refractivity contribution in [2.24, 2.45) is 0 Å². The van der Waals surface area contributed by atoms with Crippen LogP contribution in [0.3, 0.4) is 0 Å². The molecule has 1 N–H and O–H groups in total. The molecular formula is C12H17N3S. The number of thiophene rings is 1. The van der Waals surface area contributed by atoms with Gasteiger partial charge in [0.05, 0.1) is 6.54 Å². The summed E-state index contributed by atoms with van der Waals surface area (Å²) in [6, 6.07) is 2.18. The molecule has 86 valence electrons. The van der Waals surface area contributed by atoms with Gasteiger partial charge in [0.15, 0.2) is 0 Å². The second kappa shape index (κ2) is 5.82. The molecule has 0 atom stereocenters. The van der Waals surface area contributed by atoms with Crippen LogP contribution in [0.1, 0.15) is 18.3 Å². The Hall–Kier alpha value is -1.13. The first-order valence-corrected chi connectivity index (χ1v) is 6.56. The van der Waals surface area contributed by atoms with Crippen molar-refractivity contribution in [2.75, 3.05) is 6.54 Å². The third-order valence-corrected chi connectivity index (χ3v) is 3.33. The summed E-state index contributed by atoms with van der Waals surface area (Å²) in [6.45, 7) is 4.98. The van der Waals surface area contributed by atoms with Gasteiger partial charge >= 0.3 is 0 Å². The summed E-state index contributed by atoms with van der Waals surface area (Å²) in [5.41, 5.74) is 1.41. The van der Waals surface area contributed by atoms with Gasteiger partial charge in [0, 0.05) is 18.9 Å². The van der Waals surface area contributed by atoms with Gasteiger partial charge in [-0.2, -0.15) is 11.3 Å². The molecule has 0 aliphatic carbocycles. The molecule has 0 saturated carbocycles. The van der Waals surface area contributed by atoms with E-state index >= 15 is 0 Å². The first-order chi connectivity index (χ1) is 7.90. The summed E-state index contributed by atoms with van der Waals surface area (Å²) in [7, 11) is 0. The Kier molecular flexibility index (Phi) is 4.13. The first-order valence-electron chi connectivity index (χ1n) is 5.62. The van der Waals surface area contributed by atoms with E-state index < -0.39 is 0 Å². The lowest BCUT2D eigenvalue weighted by Gasteiger charge is -2.05. The molecule has 0 fully saturated rings. The van der Waals surface area contributed by atoms with E-state index in [0.29, 0.717) is 0 Å². The molecule has 0 bridgehead atoms. The zero-order chi connectivity index (χ0) is 11.2. The standard InChI is InChI=1S/C12H17N3S/c1-2-15-7-6-14-12(15)9-13-5-3-11-4-8-16-10-11/h4,6-8,10,13H,2-3,5,9H2,1H3. The van der Waals surface area contributed by atoms with Crippen LogP contribution in [0.25, 0.3) is 0 Å². The van der Waals surface area contributed by atoms with Crippen molar-refractivity contribution in [1.82, 2.24) is 14.9 Å². The van der Waals surface area contributed by atoms with Gasteiger partial charge in [-0.05, 0) is 42.3 Å². The van der Waals surface area contributed by atoms with E-state index in [-0.39, 0.29) is 0 Å².